The molecule has 0 unspecified atom stereocenters. The molecule has 0 radical (unpaired) electrons. The normalized spacial score (nSPS) is 10.8. The Balaban J connectivity index is 1.94. The molecule has 3 nitrogen and oxygen atoms in total. The van der Waals surface area contributed by atoms with E-state index in [1.807, 2.05) is 42.5 Å². The minimum Gasteiger partial charge on any atom is -0.497 e. The van der Waals surface area contributed by atoms with Crippen LogP contribution in [0.3, 0.4) is 0 Å². The number of nitrogens with zero attached hydrogens (tertiary/aromatic N) is 1. The van der Waals surface area contributed by atoms with E-state index in [2.05, 4.69) is 4.98 Å². The number of rotatable bonds is 4. The molecule has 0 saturated heterocycles. The van der Waals surface area contributed by atoms with Crippen molar-refractivity contribution in [1.82, 2.24) is 4.98 Å². The fourth-order valence-corrected chi connectivity index (χ4v) is 3.21. The average molecular weight is 297 g/mol. The van der Waals surface area contributed by atoms with Crippen molar-refractivity contribution in [2.24, 2.45) is 0 Å². The number of ether oxygens (including phenoxy) is 1. The molecule has 1 heterocycles. The maximum atomic E-state index is 11.1. The van der Waals surface area contributed by atoms with E-state index in [1.54, 1.807) is 25.4 Å². The molecule has 0 amide bonds. The van der Waals surface area contributed by atoms with Crippen LogP contribution in [-0.2, 0) is 11.2 Å². The number of ketones is 1. The number of carbonyl (C=O) groups is 1. The Morgan fingerprint density at radius 1 is 1.19 bits per heavy atom. The van der Waals surface area contributed by atoms with Crippen LogP contribution >= 0.6 is 11.3 Å². The highest BCUT2D eigenvalue weighted by molar-refractivity contribution is 7.21. The largest absolute Gasteiger partial charge is 0.497 e. The molecule has 0 bridgehead atoms. The fourth-order valence-electron chi connectivity index (χ4n) is 2.21. The quantitative estimate of drug-likeness (QED) is 0.727. The van der Waals surface area contributed by atoms with Gasteiger partial charge in [-0.3, -0.25) is 4.79 Å². The molecule has 0 aliphatic heterocycles. The monoisotopic (exact) mass is 297 g/mol. The second-order valence-corrected chi connectivity index (χ2v) is 5.96. The molecule has 0 aliphatic rings. The minimum atomic E-state index is 0.176. The van der Waals surface area contributed by atoms with Crippen LogP contribution in [0.5, 0.6) is 5.75 Å². The topological polar surface area (TPSA) is 39.2 Å². The first-order valence-electron chi connectivity index (χ1n) is 6.69. The molecule has 3 aromatic rings. The third-order valence-corrected chi connectivity index (χ3v) is 4.32. The van der Waals surface area contributed by atoms with Gasteiger partial charge in [0, 0.05) is 12.0 Å². The summed E-state index contributed by atoms with van der Waals surface area (Å²) in [6.07, 6.45) is 0.483. The predicted octanol–water partition coefficient (Wildman–Crippen LogP) is 4.10. The van der Waals surface area contributed by atoms with Gasteiger partial charge >= 0.3 is 0 Å². The van der Waals surface area contributed by atoms with Gasteiger partial charge < -0.3 is 4.74 Å². The number of fused-ring (bicyclic) bond motifs is 1. The molecule has 1 aromatic heterocycles. The Labute approximate surface area is 127 Å². The number of Topliss-reactive ketones (excluding diaryl/α,β-unsaturated/α-hetero) is 1. The number of carbonyl (C=O) groups excluding carboxylic acids is 1. The van der Waals surface area contributed by atoms with Crippen LogP contribution in [0.25, 0.3) is 20.8 Å². The lowest BCUT2D eigenvalue weighted by molar-refractivity contribution is -0.116. The van der Waals surface area contributed by atoms with Crippen molar-refractivity contribution >= 4 is 27.3 Å². The molecule has 0 saturated carbocycles. The Hall–Kier alpha value is -2.20. The summed E-state index contributed by atoms with van der Waals surface area (Å²) in [5, 5.41) is 0.979. The molecule has 3 rings (SSSR count). The Kier molecular flexibility index (Phi) is 3.71. The van der Waals surface area contributed by atoms with Crippen molar-refractivity contribution in [1.29, 1.82) is 0 Å². The van der Waals surface area contributed by atoms with Gasteiger partial charge in [0.15, 0.2) is 0 Å². The van der Waals surface area contributed by atoms with Crippen LogP contribution in [0.1, 0.15) is 12.5 Å². The highest BCUT2D eigenvalue weighted by atomic mass is 32.1. The lowest BCUT2D eigenvalue weighted by Gasteiger charge is -1.99. The summed E-state index contributed by atoms with van der Waals surface area (Å²) in [5.74, 6) is 1.02. The van der Waals surface area contributed by atoms with Gasteiger partial charge in [0.1, 0.15) is 16.5 Å². The number of benzene rings is 2. The van der Waals surface area contributed by atoms with Crippen molar-refractivity contribution in [3.63, 3.8) is 0 Å². The molecular weight excluding hydrogens is 282 g/mol. The van der Waals surface area contributed by atoms with Crippen molar-refractivity contribution < 1.29 is 9.53 Å². The Morgan fingerprint density at radius 3 is 2.62 bits per heavy atom. The maximum absolute atomic E-state index is 11.1. The first-order chi connectivity index (χ1) is 10.2. The summed E-state index contributed by atoms with van der Waals surface area (Å²) in [5.41, 5.74) is 3.08. The molecule has 0 spiro atoms. The maximum Gasteiger partial charge on any atom is 0.134 e. The summed E-state index contributed by atoms with van der Waals surface area (Å²) in [7, 11) is 1.66. The molecule has 0 fully saturated rings. The van der Waals surface area contributed by atoms with E-state index in [9.17, 15) is 4.79 Å². The molecule has 0 N–H and O–H groups in total. The van der Waals surface area contributed by atoms with Gasteiger partial charge in [-0.15, -0.1) is 11.3 Å². The minimum absolute atomic E-state index is 0.176. The molecular formula is C17H15NO2S. The van der Waals surface area contributed by atoms with Crippen molar-refractivity contribution in [2.75, 3.05) is 7.11 Å². The molecule has 4 heteroatoms. The Morgan fingerprint density at radius 2 is 1.95 bits per heavy atom. The van der Waals surface area contributed by atoms with Gasteiger partial charge in [-0.25, -0.2) is 4.98 Å². The summed E-state index contributed by atoms with van der Waals surface area (Å²) in [6.45, 7) is 1.61. The zero-order chi connectivity index (χ0) is 14.8. The SMILES string of the molecule is COc1ccc2nc(-c3ccc(CC(C)=O)cc3)sc2c1. The summed E-state index contributed by atoms with van der Waals surface area (Å²) in [6, 6.07) is 13.9. The molecule has 21 heavy (non-hydrogen) atoms. The highest BCUT2D eigenvalue weighted by Gasteiger charge is 2.07. The zero-order valence-electron chi connectivity index (χ0n) is 11.9. The number of methoxy groups -OCH3 is 1. The van der Waals surface area contributed by atoms with E-state index >= 15 is 0 Å². The van der Waals surface area contributed by atoms with E-state index in [0.717, 1.165) is 32.1 Å². The lowest BCUT2D eigenvalue weighted by Crippen LogP contribution is -1.95. The van der Waals surface area contributed by atoms with Gasteiger partial charge in [0.05, 0.1) is 17.3 Å². The van der Waals surface area contributed by atoms with Crippen LogP contribution in [0.15, 0.2) is 42.5 Å². The third-order valence-electron chi connectivity index (χ3n) is 3.25. The van der Waals surface area contributed by atoms with Gasteiger partial charge in [-0.1, -0.05) is 24.3 Å². The summed E-state index contributed by atoms with van der Waals surface area (Å²) >= 11 is 1.64. The van der Waals surface area contributed by atoms with Crippen molar-refractivity contribution in [3.05, 3.63) is 48.0 Å². The van der Waals surface area contributed by atoms with Crippen LogP contribution in [0.4, 0.5) is 0 Å². The van der Waals surface area contributed by atoms with Crippen molar-refractivity contribution in [3.8, 4) is 16.3 Å². The van der Waals surface area contributed by atoms with E-state index in [-0.39, 0.29) is 5.78 Å². The molecule has 2 aromatic carbocycles. The van der Waals surface area contributed by atoms with Crippen LogP contribution < -0.4 is 4.74 Å². The van der Waals surface area contributed by atoms with Gasteiger partial charge in [0.2, 0.25) is 0 Å². The zero-order valence-corrected chi connectivity index (χ0v) is 12.7. The first-order valence-corrected chi connectivity index (χ1v) is 7.50. The number of hydrogen-bond donors (Lipinski definition) is 0. The standard InChI is InChI=1S/C17H15NO2S/c1-11(19)9-12-3-5-13(6-4-12)17-18-15-8-7-14(20-2)10-16(15)21-17/h3-8,10H,9H2,1-2H3. The van der Waals surface area contributed by atoms with E-state index in [0.29, 0.717) is 6.42 Å². The Bertz CT molecular complexity index is 790. The predicted molar refractivity (Wildman–Crippen MR) is 86.0 cm³/mol. The smallest absolute Gasteiger partial charge is 0.134 e. The molecule has 106 valence electrons. The molecule has 0 atom stereocenters. The van der Waals surface area contributed by atoms with Crippen molar-refractivity contribution in [2.45, 2.75) is 13.3 Å². The number of thiazole rings is 1. The van der Waals surface area contributed by atoms with Gasteiger partial charge in [-0.05, 0) is 30.7 Å². The molecule has 0 aliphatic carbocycles. The van der Waals surface area contributed by atoms with E-state index in [1.165, 1.54) is 0 Å². The number of aromatic nitrogens is 1. The van der Waals surface area contributed by atoms with Gasteiger partial charge in [-0.2, -0.15) is 0 Å². The average Bonchev–Trinajstić information content (AvgIpc) is 2.90. The van der Waals surface area contributed by atoms with E-state index < -0.39 is 0 Å². The van der Waals surface area contributed by atoms with Gasteiger partial charge in [0.25, 0.3) is 0 Å². The van der Waals surface area contributed by atoms with Crippen LogP contribution in [0, 0.1) is 0 Å². The van der Waals surface area contributed by atoms with Crippen LogP contribution in [-0.4, -0.2) is 17.9 Å². The van der Waals surface area contributed by atoms with Crippen LogP contribution in [0.2, 0.25) is 0 Å². The van der Waals surface area contributed by atoms with E-state index in [4.69, 9.17) is 4.74 Å². The third kappa shape index (κ3) is 2.95. The highest BCUT2D eigenvalue weighted by Crippen LogP contribution is 2.32. The summed E-state index contributed by atoms with van der Waals surface area (Å²) < 4.78 is 6.35. The number of hydrogen-bond acceptors (Lipinski definition) is 4. The first kappa shape index (κ1) is 13.8. The summed E-state index contributed by atoms with van der Waals surface area (Å²) in [4.78, 5) is 15.8. The fraction of sp³-hybridized carbons (Fsp3) is 0.176. The lowest BCUT2D eigenvalue weighted by atomic mass is 10.1. The second-order valence-electron chi connectivity index (χ2n) is 4.93. The second kappa shape index (κ2) is 5.66.